The number of benzene rings is 1. The summed E-state index contributed by atoms with van der Waals surface area (Å²) in [4.78, 5) is 21.3. The van der Waals surface area contributed by atoms with Gasteiger partial charge in [0.15, 0.2) is 11.5 Å². The molecule has 0 unspecified atom stereocenters. The summed E-state index contributed by atoms with van der Waals surface area (Å²) in [6, 6.07) is 2.53. The number of anilines is 1. The average Bonchev–Trinajstić information content (AvgIpc) is 2.16. The number of ketones is 1. The molecule has 0 aliphatic heterocycles. The average molecular weight is 210 g/mol. The van der Waals surface area contributed by atoms with E-state index in [4.69, 9.17) is 10.5 Å². The van der Waals surface area contributed by atoms with Crippen LogP contribution in [0, 0.1) is 10.1 Å². The van der Waals surface area contributed by atoms with Crippen LogP contribution in [0.15, 0.2) is 12.1 Å². The predicted octanol–water partition coefficient (Wildman–Crippen LogP) is 1.39. The number of nitrogen functional groups attached to an aromatic ring is 1. The lowest BCUT2D eigenvalue weighted by molar-refractivity contribution is -0.385. The Morgan fingerprint density at radius 1 is 1.53 bits per heavy atom. The highest BCUT2D eigenvalue weighted by Crippen LogP contribution is 2.33. The first-order chi connectivity index (χ1) is 6.99. The van der Waals surface area contributed by atoms with Crippen molar-refractivity contribution >= 4 is 17.2 Å². The summed E-state index contributed by atoms with van der Waals surface area (Å²) >= 11 is 0. The number of rotatable bonds is 3. The Labute approximate surface area is 85.8 Å². The van der Waals surface area contributed by atoms with Crippen molar-refractivity contribution in [1.29, 1.82) is 0 Å². The van der Waals surface area contributed by atoms with Gasteiger partial charge >= 0.3 is 0 Å². The van der Waals surface area contributed by atoms with E-state index in [1.807, 2.05) is 0 Å². The zero-order chi connectivity index (χ0) is 11.6. The molecule has 0 aliphatic rings. The second kappa shape index (κ2) is 3.95. The summed E-state index contributed by atoms with van der Waals surface area (Å²) in [5.74, 6) is -0.400. The monoisotopic (exact) mass is 210 g/mol. The van der Waals surface area contributed by atoms with Crippen LogP contribution in [0.2, 0.25) is 0 Å². The number of carbonyl (C=O) groups is 1. The topological polar surface area (TPSA) is 95.5 Å². The standard InChI is InChI=1S/C9H10N2O4/c1-5(12)8-7(11(13)14)4-3-6(10)9(8)15-2/h3-4H,10H2,1-2H3. The zero-order valence-corrected chi connectivity index (χ0v) is 8.31. The maximum absolute atomic E-state index is 11.3. The number of hydrogen-bond donors (Lipinski definition) is 1. The molecule has 80 valence electrons. The third-order valence-corrected chi connectivity index (χ3v) is 1.92. The van der Waals surface area contributed by atoms with E-state index < -0.39 is 10.7 Å². The van der Waals surface area contributed by atoms with E-state index in [-0.39, 0.29) is 22.7 Å². The minimum Gasteiger partial charge on any atom is -0.494 e. The van der Waals surface area contributed by atoms with Crippen molar-refractivity contribution in [2.75, 3.05) is 12.8 Å². The van der Waals surface area contributed by atoms with Crippen molar-refractivity contribution in [1.82, 2.24) is 0 Å². The molecule has 6 heteroatoms. The fourth-order valence-electron chi connectivity index (χ4n) is 1.30. The van der Waals surface area contributed by atoms with Gasteiger partial charge < -0.3 is 10.5 Å². The van der Waals surface area contributed by atoms with Crippen LogP contribution in [0.3, 0.4) is 0 Å². The summed E-state index contributed by atoms with van der Waals surface area (Å²) in [5, 5.41) is 10.7. The highest BCUT2D eigenvalue weighted by Gasteiger charge is 2.23. The van der Waals surface area contributed by atoms with Crippen molar-refractivity contribution < 1.29 is 14.5 Å². The molecule has 1 aromatic carbocycles. The number of nitrogens with two attached hydrogens (primary N) is 1. The first-order valence-electron chi connectivity index (χ1n) is 4.10. The minimum atomic E-state index is -0.640. The number of Topliss-reactive ketones (excluding diaryl/α,β-unsaturated/α-hetero) is 1. The Kier molecular flexibility index (Phi) is 2.89. The van der Waals surface area contributed by atoms with Gasteiger partial charge in [-0.3, -0.25) is 14.9 Å². The predicted molar refractivity (Wildman–Crippen MR) is 54.1 cm³/mol. The van der Waals surface area contributed by atoms with Gasteiger partial charge in [-0.1, -0.05) is 0 Å². The molecule has 1 aromatic rings. The highest BCUT2D eigenvalue weighted by atomic mass is 16.6. The van der Waals surface area contributed by atoms with Crippen molar-refractivity contribution in [2.45, 2.75) is 6.92 Å². The van der Waals surface area contributed by atoms with Crippen LogP contribution in [-0.4, -0.2) is 17.8 Å². The highest BCUT2D eigenvalue weighted by molar-refractivity contribution is 6.02. The van der Waals surface area contributed by atoms with E-state index in [9.17, 15) is 14.9 Å². The molecule has 0 aromatic heterocycles. The van der Waals surface area contributed by atoms with Gasteiger partial charge in [-0.15, -0.1) is 0 Å². The Morgan fingerprint density at radius 3 is 2.53 bits per heavy atom. The largest absolute Gasteiger partial charge is 0.494 e. The Morgan fingerprint density at radius 2 is 2.13 bits per heavy atom. The fourth-order valence-corrected chi connectivity index (χ4v) is 1.30. The molecule has 0 saturated carbocycles. The quantitative estimate of drug-likeness (QED) is 0.352. The molecule has 0 saturated heterocycles. The van der Waals surface area contributed by atoms with Crippen LogP contribution in [0.1, 0.15) is 17.3 Å². The van der Waals surface area contributed by atoms with Crippen molar-refractivity contribution in [3.05, 3.63) is 27.8 Å². The number of nitro benzene ring substituents is 1. The SMILES string of the molecule is COc1c(N)ccc([N+](=O)[O-])c1C(C)=O. The third kappa shape index (κ3) is 1.88. The summed E-state index contributed by atoms with van der Waals surface area (Å²) in [6.07, 6.45) is 0. The number of hydrogen-bond acceptors (Lipinski definition) is 5. The summed E-state index contributed by atoms with van der Waals surface area (Å²) < 4.78 is 4.88. The van der Waals surface area contributed by atoms with Crippen LogP contribution in [0.5, 0.6) is 5.75 Å². The maximum Gasteiger partial charge on any atom is 0.284 e. The second-order valence-electron chi connectivity index (χ2n) is 2.90. The van der Waals surface area contributed by atoms with Crippen LogP contribution in [0.4, 0.5) is 11.4 Å². The van der Waals surface area contributed by atoms with Crippen LogP contribution in [-0.2, 0) is 0 Å². The van der Waals surface area contributed by atoms with Gasteiger partial charge in [-0.2, -0.15) is 0 Å². The molecule has 0 fully saturated rings. The number of methoxy groups -OCH3 is 1. The molecule has 2 N–H and O–H groups in total. The van der Waals surface area contributed by atoms with E-state index in [2.05, 4.69) is 0 Å². The van der Waals surface area contributed by atoms with Crippen LogP contribution >= 0.6 is 0 Å². The van der Waals surface area contributed by atoms with E-state index in [0.717, 1.165) is 0 Å². The Bertz CT molecular complexity index is 428. The number of carbonyl (C=O) groups excluding carboxylic acids is 1. The number of ether oxygens (including phenoxy) is 1. The first kappa shape index (κ1) is 11.0. The molecule has 0 heterocycles. The van der Waals surface area contributed by atoms with Crippen molar-refractivity contribution in [2.24, 2.45) is 0 Å². The fraction of sp³-hybridized carbons (Fsp3) is 0.222. The molecular formula is C9H10N2O4. The Hall–Kier alpha value is -2.11. The lowest BCUT2D eigenvalue weighted by atomic mass is 10.1. The van der Waals surface area contributed by atoms with Crippen LogP contribution in [0.25, 0.3) is 0 Å². The van der Waals surface area contributed by atoms with Crippen molar-refractivity contribution in [3.8, 4) is 5.75 Å². The molecule has 15 heavy (non-hydrogen) atoms. The van der Waals surface area contributed by atoms with Crippen LogP contribution < -0.4 is 10.5 Å². The Balaban J connectivity index is 3.56. The summed E-state index contributed by atoms with van der Waals surface area (Å²) in [5.41, 5.74) is 5.35. The molecule has 0 amide bonds. The molecule has 0 radical (unpaired) electrons. The molecule has 1 rings (SSSR count). The molecule has 6 nitrogen and oxygen atoms in total. The zero-order valence-electron chi connectivity index (χ0n) is 8.31. The normalized spacial score (nSPS) is 9.73. The van der Waals surface area contributed by atoms with E-state index in [0.29, 0.717) is 0 Å². The molecule has 0 aliphatic carbocycles. The van der Waals surface area contributed by atoms with Crippen molar-refractivity contribution in [3.63, 3.8) is 0 Å². The lowest BCUT2D eigenvalue weighted by Gasteiger charge is -2.08. The minimum absolute atomic E-state index is 0.0525. The van der Waals surface area contributed by atoms with Gasteiger partial charge in [0, 0.05) is 6.07 Å². The molecular weight excluding hydrogens is 200 g/mol. The molecule has 0 bridgehead atoms. The van der Waals surface area contributed by atoms with Gasteiger partial charge in [0.2, 0.25) is 0 Å². The van der Waals surface area contributed by atoms with Gasteiger partial charge in [-0.05, 0) is 13.0 Å². The second-order valence-corrected chi connectivity index (χ2v) is 2.90. The number of nitrogens with zero attached hydrogens (tertiary/aromatic N) is 1. The van der Waals surface area contributed by atoms with Gasteiger partial charge in [0.1, 0.15) is 5.56 Å². The van der Waals surface area contributed by atoms with Gasteiger partial charge in [-0.25, -0.2) is 0 Å². The first-order valence-corrected chi connectivity index (χ1v) is 4.10. The molecule has 0 spiro atoms. The lowest BCUT2D eigenvalue weighted by Crippen LogP contribution is -2.05. The van der Waals surface area contributed by atoms with E-state index >= 15 is 0 Å². The summed E-state index contributed by atoms with van der Waals surface area (Å²) in [6.45, 7) is 1.23. The smallest absolute Gasteiger partial charge is 0.284 e. The number of nitro groups is 1. The van der Waals surface area contributed by atoms with Gasteiger partial charge in [0.05, 0.1) is 17.7 Å². The summed E-state index contributed by atoms with van der Waals surface area (Å²) in [7, 11) is 1.31. The van der Waals surface area contributed by atoms with E-state index in [1.54, 1.807) is 0 Å². The maximum atomic E-state index is 11.3. The van der Waals surface area contributed by atoms with E-state index in [1.165, 1.54) is 26.2 Å². The molecule has 0 atom stereocenters. The van der Waals surface area contributed by atoms with Gasteiger partial charge in [0.25, 0.3) is 5.69 Å². The third-order valence-electron chi connectivity index (χ3n) is 1.92.